The first-order valence-electron chi connectivity index (χ1n) is 9.30. The lowest BCUT2D eigenvalue weighted by Crippen LogP contribution is -2.44. The molecule has 0 fully saturated rings. The van der Waals surface area contributed by atoms with Crippen molar-refractivity contribution >= 4 is 13.6 Å². The first-order valence-corrected chi connectivity index (χ1v) is 10.8. The fourth-order valence-electron chi connectivity index (χ4n) is 3.83. The molecule has 2 aromatic rings. The third-order valence-electron chi connectivity index (χ3n) is 5.47. The van der Waals surface area contributed by atoms with Gasteiger partial charge in [-0.3, -0.25) is 9.36 Å². The van der Waals surface area contributed by atoms with Crippen LogP contribution in [0.4, 0.5) is 0 Å². The zero-order valence-corrected chi connectivity index (χ0v) is 17.8. The number of benzene rings is 2. The highest BCUT2D eigenvalue weighted by Crippen LogP contribution is 2.60. The Morgan fingerprint density at radius 3 is 2.14 bits per heavy atom. The predicted octanol–water partition coefficient (Wildman–Crippen LogP) is 5.01. The molecular weight excluding hydrogens is 391 g/mol. The molecule has 0 amide bonds. The topological polar surface area (TPSA) is 71.1 Å². The molecule has 0 radical (unpaired) electrons. The Balaban J connectivity index is 2.24. The summed E-state index contributed by atoms with van der Waals surface area (Å²) in [6, 6.07) is 17.0. The van der Waals surface area contributed by atoms with Crippen molar-refractivity contribution in [2.75, 3.05) is 21.3 Å². The van der Waals surface area contributed by atoms with Gasteiger partial charge in [-0.25, -0.2) is 0 Å². The number of allylic oxidation sites excluding steroid dienone is 1. The second-order valence-corrected chi connectivity index (χ2v) is 8.86. The molecule has 0 bridgehead atoms. The van der Waals surface area contributed by atoms with Crippen molar-refractivity contribution in [2.24, 2.45) is 0 Å². The highest BCUT2D eigenvalue weighted by molar-refractivity contribution is 7.58. The van der Waals surface area contributed by atoms with E-state index < -0.39 is 24.9 Å². The fourth-order valence-corrected chi connectivity index (χ4v) is 4.86. The third-order valence-corrected chi connectivity index (χ3v) is 7.22. The van der Waals surface area contributed by atoms with Crippen LogP contribution >= 0.6 is 7.60 Å². The molecule has 2 atom stereocenters. The number of esters is 1. The van der Waals surface area contributed by atoms with Crippen molar-refractivity contribution in [3.63, 3.8) is 0 Å². The first-order chi connectivity index (χ1) is 13.9. The van der Waals surface area contributed by atoms with Crippen LogP contribution in [0.5, 0.6) is 5.75 Å². The summed E-state index contributed by atoms with van der Waals surface area (Å²) in [7, 11) is 0.398. The van der Waals surface area contributed by atoms with Gasteiger partial charge < -0.3 is 18.5 Å². The van der Waals surface area contributed by atoms with Gasteiger partial charge >= 0.3 is 13.6 Å². The highest BCUT2D eigenvalue weighted by Gasteiger charge is 2.52. The lowest BCUT2D eigenvalue weighted by atomic mass is 9.65. The van der Waals surface area contributed by atoms with Crippen LogP contribution in [0, 0.1) is 0 Å². The van der Waals surface area contributed by atoms with Crippen molar-refractivity contribution in [1.82, 2.24) is 0 Å². The van der Waals surface area contributed by atoms with E-state index in [1.165, 1.54) is 14.2 Å². The van der Waals surface area contributed by atoms with E-state index in [9.17, 15) is 9.36 Å². The van der Waals surface area contributed by atoms with Crippen molar-refractivity contribution in [1.29, 1.82) is 0 Å². The van der Waals surface area contributed by atoms with Crippen LogP contribution in [0.15, 0.2) is 66.2 Å². The third kappa shape index (κ3) is 3.64. The molecule has 7 heteroatoms. The molecule has 1 heterocycles. The molecule has 3 rings (SSSR count). The van der Waals surface area contributed by atoms with E-state index >= 15 is 0 Å². The molecular formula is C22H25O6P. The average Bonchev–Trinajstić information content (AvgIpc) is 2.78. The molecule has 0 saturated carbocycles. The Bertz CT molecular complexity index is 930. The monoisotopic (exact) mass is 416 g/mol. The van der Waals surface area contributed by atoms with Gasteiger partial charge in [0.25, 0.3) is 0 Å². The second kappa shape index (κ2) is 8.54. The summed E-state index contributed by atoms with van der Waals surface area (Å²) in [6.07, 6.45) is 2.17. The molecule has 0 unspecified atom stereocenters. The molecule has 0 aromatic heterocycles. The van der Waals surface area contributed by atoms with Crippen LogP contribution in [0.2, 0.25) is 0 Å². The molecule has 1 aliphatic rings. The number of carbonyl (C=O) groups is 1. The number of carbonyl (C=O) groups excluding carboxylic acids is 1. The van der Waals surface area contributed by atoms with E-state index in [1.807, 2.05) is 61.5 Å². The van der Waals surface area contributed by atoms with E-state index in [0.29, 0.717) is 12.2 Å². The Morgan fingerprint density at radius 2 is 1.62 bits per heavy atom. The summed E-state index contributed by atoms with van der Waals surface area (Å²) in [5.41, 5.74) is 0.611. The van der Waals surface area contributed by atoms with Crippen molar-refractivity contribution < 1.29 is 27.9 Å². The summed E-state index contributed by atoms with van der Waals surface area (Å²) >= 11 is 0. The van der Waals surface area contributed by atoms with Gasteiger partial charge in [-0.2, -0.15) is 0 Å². The molecule has 0 N–H and O–H groups in total. The van der Waals surface area contributed by atoms with Gasteiger partial charge in [-0.05, 0) is 35.8 Å². The molecule has 6 nitrogen and oxygen atoms in total. The fraction of sp³-hybridized carbons (Fsp3) is 0.318. The van der Waals surface area contributed by atoms with Crippen molar-refractivity contribution in [3.05, 3.63) is 77.3 Å². The first kappa shape index (κ1) is 21.3. The Hall–Kier alpha value is -2.40. The number of methoxy groups -OCH3 is 1. The zero-order valence-electron chi connectivity index (χ0n) is 17.0. The summed E-state index contributed by atoms with van der Waals surface area (Å²) in [6.45, 7) is 1.94. The van der Waals surface area contributed by atoms with Gasteiger partial charge in [-0.15, -0.1) is 0 Å². The van der Waals surface area contributed by atoms with Gasteiger partial charge in [0.1, 0.15) is 11.2 Å². The van der Waals surface area contributed by atoms with Crippen LogP contribution in [-0.4, -0.2) is 27.3 Å². The van der Waals surface area contributed by atoms with Crippen LogP contribution in [0.3, 0.4) is 0 Å². The van der Waals surface area contributed by atoms with Crippen LogP contribution in [0.1, 0.15) is 30.4 Å². The molecule has 0 saturated heterocycles. The van der Waals surface area contributed by atoms with Gasteiger partial charge in [0, 0.05) is 20.1 Å². The minimum absolute atomic E-state index is 0.0843. The number of cyclic esters (lactones) is 1. The Kier molecular flexibility index (Phi) is 6.27. The van der Waals surface area contributed by atoms with Crippen molar-refractivity contribution in [2.45, 2.75) is 24.7 Å². The van der Waals surface area contributed by atoms with Gasteiger partial charge in [0.15, 0.2) is 0 Å². The van der Waals surface area contributed by atoms with Crippen molar-refractivity contribution in [3.8, 4) is 5.75 Å². The summed E-state index contributed by atoms with van der Waals surface area (Å²) < 4.78 is 33.9. The largest absolute Gasteiger partial charge is 0.497 e. The quantitative estimate of drug-likeness (QED) is 0.467. The maximum atomic E-state index is 13.4. The predicted molar refractivity (Wildman–Crippen MR) is 110 cm³/mol. The molecule has 154 valence electrons. The van der Waals surface area contributed by atoms with Gasteiger partial charge in [0.2, 0.25) is 5.50 Å². The summed E-state index contributed by atoms with van der Waals surface area (Å²) in [5, 5.41) is 0. The van der Waals surface area contributed by atoms with E-state index in [1.54, 1.807) is 13.2 Å². The van der Waals surface area contributed by atoms with Crippen LogP contribution in [-0.2, 0) is 28.6 Å². The summed E-state index contributed by atoms with van der Waals surface area (Å²) in [4.78, 5) is 13.4. The minimum atomic E-state index is -3.72. The summed E-state index contributed by atoms with van der Waals surface area (Å²) in [5.74, 6) is -0.220. The normalized spacial score (nSPS) is 22.0. The SMILES string of the molecule is CC[C@@]1(c2ccc(OC)cc2)C(=O)OC(P(=O)(OC)OC)=C[C@H]1c1ccccc1. The number of hydrogen-bond donors (Lipinski definition) is 0. The molecule has 29 heavy (non-hydrogen) atoms. The van der Waals surface area contributed by atoms with Gasteiger partial charge in [-0.1, -0.05) is 49.4 Å². The van der Waals surface area contributed by atoms with Crippen LogP contribution in [0.25, 0.3) is 0 Å². The van der Waals surface area contributed by atoms with E-state index in [-0.39, 0.29) is 5.50 Å². The van der Waals surface area contributed by atoms with E-state index in [0.717, 1.165) is 11.1 Å². The Labute approximate surface area is 171 Å². The number of rotatable bonds is 7. The highest BCUT2D eigenvalue weighted by atomic mass is 31.2. The lowest BCUT2D eigenvalue weighted by Gasteiger charge is -2.41. The van der Waals surface area contributed by atoms with Crippen LogP contribution < -0.4 is 4.74 Å². The molecule has 0 aliphatic carbocycles. The minimum Gasteiger partial charge on any atom is -0.497 e. The average molecular weight is 416 g/mol. The van der Waals surface area contributed by atoms with E-state index in [2.05, 4.69) is 0 Å². The smallest absolute Gasteiger partial charge is 0.395 e. The lowest BCUT2D eigenvalue weighted by molar-refractivity contribution is -0.148. The number of hydrogen-bond acceptors (Lipinski definition) is 6. The van der Waals surface area contributed by atoms with E-state index in [4.69, 9.17) is 18.5 Å². The standard InChI is InChI=1S/C22H25O6P/c1-5-22(17-11-13-18(25-2)14-12-17)19(16-9-7-6-8-10-16)15-20(28-21(22)23)29(24,26-3)27-4/h6-15,19H,5H2,1-4H3/t19-,22-/m0/s1. The second-order valence-electron chi connectivity index (χ2n) is 6.70. The Morgan fingerprint density at radius 1 is 1.00 bits per heavy atom. The maximum Gasteiger partial charge on any atom is 0.395 e. The van der Waals surface area contributed by atoms with Gasteiger partial charge in [0.05, 0.1) is 7.11 Å². The molecule has 0 spiro atoms. The molecule has 1 aliphatic heterocycles. The maximum absolute atomic E-state index is 13.4. The molecule has 2 aromatic carbocycles. The zero-order chi connectivity index (χ0) is 21.1. The number of ether oxygens (including phenoxy) is 2.